The quantitative estimate of drug-likeness (QED) is 0.358. The Kier molecular flexibility index (Phi) is 8.83. The third kappa shape index (κ3) is 5.59. The van der Waals surface area contributed by atoms with Crippen molar-refractivity contribution in [2.75, 3.05) is 13.1 Å². The number of aliphatic hydroxyl groups is 3. The highest BCUT2D eigenvalue weighted by molar-refractivity contribution is 5.76. The first-order chi connectivity index (χ1) is 20.1. The van der Waals surface area contributed by atoms with Gasteiger partial charge in [0, 0.05) is 32.1 Å². The maximum Gasteiger partial charge on any atom is 0.220 e. The van der Waals surface area contributed by atoms with E-state index in [1.165, 1.54) is 5.56 Å². The number of amides is 1. The molecular weight excluding hydrogens is 524 g/mol. The van der Waals surface area contributed by atoms with E-state index in [9.17, 15) is 20.1 Å². The molecule has 6 nitrogen and oxygen atoms in total. The van der Waals surface area contributed by atoms with Crippen LogP contribution in [0.4, 0.5) is 0 Å². The highest BCUT2D eigenvalue weighted by Crippen LogP contribution is 2.68. The molecule has 4 aliphatic carbocycles. The summed E-state index contributed by atoms with van der Waals surface area (Å²) in [5.74, 6) is 2.15. The minimum absolute atomic E-state index is 0.102. The number of piperidine rings is 1. The van der Waals surface area contributed by atoms with Gasteiger partial charge >= 0.3 is 0 Å². The Morgan fingerprint density at radius 1 is 0.976 bits per heavy atom. The Labute approximate surface area is 253 Å². The van der Waals surface area contributed by atoms with Crippen molar-refractivity contribution in [3.05, 3.63) is 35.9 Å². The van der Waals surface area contributed by atoms with Crippen molar-refractivity contribution in [2.24, 2.45) is 46.3 Å². The molecule has 1 heterocycles. The number of fused-ring (bicyclic) bond motifs is 5. The Balaban J connectivity index is 1.02. The summed E-state index contributed by atoms with van der Waals surface area (Å²) in [7, 11) is 0. The van der Waals surface area contributed by atoms with Gasteiger partial charge in [0.2, 0.25) is 5.91 Å². The highest BCUT2D eigenvalue weighted by atomic mass is 16.3. The fraction of sp³-hybridized carbons (Fsp3) is 0.806. The zero-order valence-corrected chi connectivity index (χ0v) is 26.3. The Bertz CT molecular complexity index is 1080. The molecule has 0 bridgehead atoms. The number of hydrogen-bond acceptors (Lipinski definition) is 5. The molecule has 0 spiro atoms. The molecular formula is C36H56N2O4. The van der Waals surface area contributed by atoms with Crippen LogP contribution < -0.4 is 5.32 Å². The third-order valence-electron chi connectivity index (χ3n) is 13.5. The molecule has 4 N–H and O–H groups in total. The van der Waals surface area contributed by atoms with Gasteiger partial charge < -0.3 is 20.6 Å². The molecule has 1 saturated heterocycles. The minimum atomic E-state index is -0.372. The second-order valence-electron chi connectivity index (χ2n) is 15.6. The summed E-state index contributed by atoms with van der Waals surface area (Å²) >= 11 is 0. The van der Waals surface area contributed by atoms with Gasteiger partial charge in [-0.2, -0.15) is 0 Å². The number of carbonyl (C=O) groups is 1. The lowest BCUT2D eigenvalue weighted by molar-refractivity contribution is -0.207. The first kappa shape index (κ1) is 30.6. The lowest BCUT2D eigenvalue weighted by Crippen LogP contribution is -2.62. The Morgan fingerprint density at radius 3 is 2.45 bits per heavy atom. The molecule has 1 aromatic carbocycles. The number of nitrogens with zero attached hydrogens (tertiary/aromatic N) is 1. The van der Waals surface area contributed by atoms with E-state index in [4.69, 9.17) is 0 Å². The van der Waals surface area contributed by atoms with Crippen LogP contribution in [0.2, 0.25) is 0 Å². The summed E-state index contributed by atoms with van der Waals surface area (Å²) in [5.41, 5.74) is 1.24. The van der Waals surface area contributed by atoms with Gasteiger partial charge in [0.15, 0.2) is 0 Å². The number of aliphatic hydroxyl groups excluding tert-OH is 3. The SMILES string of the molecule is C[C@H](CCC(=O)NC1CCN(Cc2ccccc2)CC1)[C@@H]1CC[C@@H]2[C@@H]3[C@H](O)C[C@H]4C[C@H](O)CC[C@]4(C)[C@@H]3C[C@H](O)[C@@]21C. The van der Waals surface area contributed by atoms with Gasteiger partial charge in [0.25, 0.3) is 0 Å². The Morgan fingerprint density at radius 2 is 1.71 bits per heavy atom. The topological polar surface area (TPSA) is 93.0 Å². The summed E-state index contributed by atoms with van der Waals surface area (Å²) in [6.07, 6.45) is 8.82. The standard InChI is InChI=1S/C36H56N2O4/c1-23(9-12-33(42)37-26-14-17-38(18-15-26)22-24-7-5-4-6-8-24)28-10-11-29-34-30(21-32(41)36(28,29)3)35(2)16-13-27(39)19-25(35)20-31(34)40/h4-8,23,25-32,34,39-41H,9-22H2,1-3H3,(H,37,42)/t23-,25-,27-,28+,29-,30-,31-,32+,34+,35+,36-/m1/s1. The molecule has 1 aromatic rings. The van der Waals surface area contributed by atoms with E-state index < -0.39 is 0 Å². The average molecular weight is 581 g/mol. The van der Waals surface area contributed by atoms with Gasteiger partial charge in [0.1, 0.15) is 0 Å². The molecule has 234 valence electrons. The molecule has 6 rings (SSSR count). The van der Waals surface area contributed by atoms with Gasteiger partial charge in [-0.25, -0.2) is 0 Å². The summed E-state index contributed by atoms with van der Waals surface area (Å²) in [4.78, 5) is 15.5. The van der Waals surface area contributed by atoms with Gasteiger partial charge in [0.05, 0.1) is 18.3 Å². The molecule has 0 radical (unpaired) electrons. The summed E-state index contributed by atoms with van der Waals surface area (Å²) in [6, 6.07) is 10.9. The van der Waals surface area contributed by atoms with E-state index in [1.54, 1.807) is 0 Å². The van der Waals surface area contributed by atoms with Crippen LogP contribution in [0.3, 0.4) is 0 Å². The molecule has 1 aliphatic heterocycles. The molecule has 11 atom stereocenters. The van der Waals surface area contributed by atoms with E-state index in [0.29, 0.717) is 36.0 Å². The van der Waals surface area contributed by atoms with Crippen molar-refractivity contribution in [1.29, 1.82) is 0 Å². The van der Waals surface area contributed by atoms with Gasteiger partial charge in [-0.15, -0.1) is 0 Å². The van der Waals surface area contributed by atoms with E-state index in [-0.39, 0.29) is 47.0 Å². The monoisotopic (exact) mass is 580 g/mol. The number of nitrogens with one attached hydrogen (secondary N) is 1. The van der Waals surface area contributed by atoms with E-state index >= 15 is 0 Å². The zero-order valence-electron chi connectivity index (χ0n) is 26.3. The van der Waals surface area contributed by atoms with Crippen LogP contribution in [0.1, 0.15) is 97.0 Å². The predicted octanol–water partition coefficient (Wildman–Crippen LogP) is 5.14. The van der Waals surface area contributed by atoms with Crippen LogP contribution in [0.5, 0.6) is 0 Å². The fourth-order valence-electron chi connectivity index (χ4n) is 11.1. The van der Waals surface area contributed by atoms with Crippen molar-refractivity contribution in [3.8, 4) is 0 Å². The van der Waals surface area contributed by atoms with Crippen LogP contribution in [0.15, 0.2) is 30.3 Å². The van der Waals surface area contributed by atoms with Crippen molar-refractivity contribution in [3.63, 3.8) is 0 Å². The molecule has 1 amide bonds. The maximum absolute atomic E-state index is 13.0. The van der Waals surface area contributed by atoms with Crippen molar-refractivity contribution >= 4 is 5.91 Å². The molecule has 6 heteroatoms. The largest absolute Gasteiger partial charge is 0.393 e. The smallest absolute Gasteiger partial charge is 0.220 e. The second-order valence-corrected chi connectivity index (χ2v) is 15.6. The van der Waals surface area contributed by atoms with E-state index in [1.807, 2.05) is 0 Å². The van der Waals surface area contributed by atoms with Crippen LogP contribution in [-0.2, 0) is 11.3 Å². The molecule has 0 unspecified atom stereocenters. The third-order valence-corrected chi connectivity index (χ3v) is 13.5. The first-order valence-electron chi connectivity index (χ1n) is 17.2. The highest BCUT2D eigenvalue weighted by Gasteiger charge is 2.65. The fourth-order valence-corrected chi connectivity index (χ4v) is 11.1. The van der Waals surface area contributed by atoms with Crippen molar-refractivity contribution < 1.29 is 20.1 Å². The lowest BCUT2D eigenvalue weighted by atomic mass is 9.43. The first-order valence-corrected chi connectivity index (χ1v) is 17.2. The molecule has 5 aliphatic rings. The number of rotatable bonds is 7. The van der Waals surface area contributed by atoms with E-state index in [0.717, 1.165) is 83.8 Å². The number of likely N-dealkylation sites (tertiary alicyclic amines) is 1. The molecule has 5 fully saturated rings. The number of carbonyl (C=O) groups excluding carboxylic acids is 1. The molecule has 0 aromatic heterocycles. The van der Waals surface area contributed by atoms with Gasteiger partial charge in [-0.1, -0.05) is 51.1 Å². The van der Waals surface area contributed by atoms with Crippen LogP contribution in [0, 0.1) is 46.3 Å². The summed E-state index contributed by atoms with van der Waals surface area (Å²) in [6.45, 7) is 10.0. The van der Waals surface area contributed by atoms with Gasteiger partial charge in [-0.3, -0.25) is 9.69 Å². The molecule has 42 heavy (non-hydrogen) atoms. The molecule has 4 saturated carbocycles. The number of hydrogen-bond donors (Lipinski definition) is 4. The average Bonchev–Trinajstić information content (AvgIpc) is 3.33. The van der Waals surface area contributed by atoms with Crippen LogP contribution >= 0.6 is 0 Å². The second kappa shape index (κ2) is 12.1. The van der Waals surface area contributed by atoms with Crippen molar-refractivity contribution in [1.82, 2.24) is 10.2 Å². The summed E-state index contributed by atoms with van der Waals surface area (Å²) in [5, 5.41) is 37.1. The predicted molar refractivity (Wildman–Crippen MR) is 165 cm³/mol. The normalized spacial score (nSPS) is 43.2. The van der Waals surface area contributed by atoms with Crippen LogP contribution in [-0.4, -0.2) is 63.6 Å². The Hall–Kier alpha value is -1.47. The summed E-state index contributed by atoms with van der Waals surface area (Å²) < 4.78 is 0. The maximum atomic E-state index is 13.0. The number of benzene rings is 1. The lowest BCUT2D eigenvalue weighted by Gasteiger charge is -2.63. The van der Waals surface area contributed by atoms with Crippen molar-refractivity contribution in [2.45, 2.75) is 122 Å². The van der Waals surface area contributed by atoms with Gasteiger partial charge in [-0.05, 0) is 116 Å². The zero-order chi connectivity index (χ0) is 29.6. The van der Waals surface area contributed by atoms with E-state index in [2.05, 4.69) is 61.3 Å². The minimum Gasteiger partial charge on any atom is -0.393 e. The van der Waals surface area contributed by atoms with Crippen LogP contribution in [0.25, 0.3) is 0 Å².